The SMILES string of the molecule is Cc1ccc(-c2cc(CC(C(=O)O)C3=CC=CC(Cl)C=C3Cl)nn2-c2ccc(Cl)c(Cl)c2)cc1. The highest BCUT2D eigenvalue weighted by atomic mass is 35.5. The van der Waals surface area contributed by atoms with Crippen LogP contribution in [0.1, 0.15) is 11.3 Å². The van der Waals surface area contributed by atoms with E-state index >= 15 is 0 Å². The van der Waals surface area contributed by atoms with Gasteiger partial charge in [0.05, 0.1) is 38.4 Å². The van der Waals surface area contributed by atoms with E-state index in [-0.39, 0.29) is 6.42 Å². The lowest BCUT2D eigenvalue weighted by atomic mass is 9.93. The number of halogens is 4. The lowest BCUT2D eigenvalue weighted by Gasteiger charge is -2.14. The lowest BCUT2D eigenvalue weighted by Crippen LogP contribution is -2.20. The number of carboxylic acids is 1. The molecule has 2 atom stereocenters. The number of aryl methyl sites for hydroxylation is 1. The van der Waals surface area contributed by atoms with Gasteiger partial charge >= 0.3 is 5.97 Å². The van der Waals surface area contributed by atoms with E-state index in [1.807, 2.05) is 43.3 Å². The summed E-state index contributed by atoms with van der Waals surface area (Å²) in [6, 6.07) is 15.2. The van der Waals surface area contributed by atoms with E-state index in [1.54, 1.807) is 41.1 Å². The molecular weight excluding hydrogens is 514 g/mol. The molecule has 0 aliphatic heterocycles. The normalized spacial score (nSPS) is 16.6. The number of benzene rings is 2. The lowest BCUT2D eigenvalue weighted by molar-refractivity contribution is -0.140. The predicted molar refractivity (Wildman–Crippen MR) is 139 cm³/mol. The van der Waals surface area contributed by atoms with Gasteiger partial charge in [0.1, 0.15) is 0 Å². The Hall–Kier alpha value is -2.50. The van der Waals surface area contributed by atoms with Gasteiger partial charge in [-0.2, -0.15) is 5.10 Å². The maximum Gasteiger partial charge on any atom is 0.311 e. The Labute approximate surface area is 217 Å². The molecule has 0 bridgehead atoms. The average molecular weight is 534 g/mol. The van der Waals surface area contributed by atoms with Gasteiger partial charge in [-0.05, 0) is 42.8 Å². The van der Waals surface area contributed by atoms with Crippen molar-refractivity contribution in [3.05, 3.63) is 105 Å². The molecule has 174 valence electrons. The van der Waals surface area contributed by atoms with Crippen molar-refractivity contribution in [1.29, 1.82) is 0 Å². The Bertz CT molecular complexity index is 1320. The molecular formula is C26H20Cl4N2O2. The highest BCUT2D eigenvalue weighted by Crippen LogP contribution is 2.33. The smallest absolute Gasteiger partial charge is 0.311 e. The summed E-state index contributed by atoms with van der Waals surface area (Å²) in [5.41, 5.74) is 4.65. The van der Waals surface area contributed by atoms with Gasteiger partial charge in [-0.1, -0.05) is 82.9 Å². The zero-order valence-corrected chi connectivity index (χ0v) is 21.1. The van der Waals surface area contributed by atoms with Crippen molar-refractivity contribution >= 4 is 52.4 Å². The number of aliphatic carboxylic acids is 1. The van der Waals surface area contributed by atoms with Gasteiger partial charge in [0.15, 0.2) is 0 Å². The minimum absolute atomic E-state index is 0.138. The number of rotatable bonds is 6. The number of hydrogen-bond donors (Lipinski definition) is 1. The summed E-state index contributed by atoms with van der Waals surface area (Å²) < 4.78 is 1.74. The maximum atomic E-state index is 12.2. The van der Waals surface area contributed by atoms with Crippen molar-refractivity contribution < 1.29 is 9.90 Å². The minimum atomic E-state index is -1.000. The first-order valence-electron chi connectivity index (χ1n) is 10.5. The van der Waals surface area contributed by atoms with Crippen LogP contribution in [-0.4, -0.2) is 26.2 Å². The van der Waals surface area contributed by atoms with E-state index in [0.29, 0.717) is 32.0 Å². The number of alkyl halides is 1. The Kier molecular flexibility index (Phi) is 7.54. The second-order valence-corrected chi connectivity index (χ2v) is 9.68. The van der Waals surface area contributed by atoms with Crippen LogP contribution >= 0.6 is 46.4 Å². The van der Waals surface area contributed by atoms with E-state index in [1.165, 1.54) is 0 Å². The Morgan fingerprint density at radius 1 is 1.09 bits per heavy atom. The Morgan fingerprint density at radius 3 is 2.50 bits per heavy atom. The quantitative estimate of drug-likeness (QED) is 0.331. The van der Waals surface area contributed by atoms with Crippen LogP contribution in [0.25, 0.3) is 16.9 Å². The molecule has 3 aromatic rings. The summed E-state index contributed by atoms with van der Waals surface area (Å²) in [4.78, 5) is 12.2. The van der Waals surface area contributed by atoms with Crippen LogP contribution in [-0.2, 0) is 11.2 Å². The molecule has 2 unspecified atom stereocenters. The van der Waals surface area contributed by atoms with Gasteiger partial charge < -0.3 is 5.11 Å². The molecule has 1 aromatic heterocycles. The standard InChI is InChI=1S/C26H20Cl4N2O2/c1-15-5-7-16(8-6-15)25-13-18(31-32(25)19-9-10-22(28)24(30)14-19)12-21(26(33)34)20-4-2-3-17(27)11-23(20)29/h2-11,13-14,17,21H,12H2,1H3,(H,33,34). The zero-order chi connectivity index (χ0) is 24.4. The van der Waals surface area contributed by atoms with Gasteiger partial charge in [-0.3, -0.25) is 4.79 Å². The fourth-order valence-corrected chi connectivity index (χ4v) is 4.63. The topological polar surface area (TPSA) is 55.1 Å². The van der Waals surface area contributed by atoms with Crippen LogP contribution < -0.4 is 0 Å². The van der Waals surface area contributed by atoms with Gasteiger partial charge in [0, 0.05) is 17.0 Å². The fourth-order valence-electron chi connectivity index (χ4n) is 3.73. The van der Waals surface area contributed by atoms with Crippen molar-refractivity contribution in [2.75, 3.05) is 0 Å². The number of allylic oxidation sites excluding steroid dienone is 5. The fraction of sp³-hybridized carbons (Fsp3) is 0.154. The molecule has 1 aliphatic carbocycles. The molecule has 0 amide bonds. The second kappa shape index (κ2) is 10.4. The van der Waals surface area contributed by atoms with Gasteiger partial charge in [-0.25, -0.2) is 4.68 Å². The predicted octanol–water partition coefficient (Wildman–Crippen LogP) is 7.62. The Morgan fingerprint density at radius 2 is 1.82 bits per heavy atom. The first-order chi connectivity index (χ1) is 16.2. The van der Waals surface area contributed by atoms with E-state index in [9.17, 15) is 9.90 Å². The second-order valence-electron chi connectivity index (χ2n) is 7.96. The molecule has 4 rings (SSSR count). The molecule has 4 nitrogen and oxygen atoms in total. The summed E-state index contributed by atoms with van der Waals surface area (Å²) >= 11 is 24.9. The van der Waals surface area contributed by atoms with Crippen molar-refractivity contribution in [1.82, 2.24) is 9.78 Å². The van der Waals surface area contributed by atoms with Crippen LogP contribution in [0, 0.1) is 12.8 Å². The number of carboxylic acid groups (broad SMARTS) is 1. The summed E-state index contributed by atoms with van der Waals surface area (Å²) in [5.74, 6) is -1.90. The van der Waals surface area contributed by atoms with Crippen LogP contribution in [0.5, 0.6) is 0 Å². The maximum absolute atomic E-state index is 12.2. The van der Waals surface area contributed by atoms with E-state index < -0.39 is 17.3 Å². The number of hydrogen-bond acceptors (Lipinski definition) is 2. The zero-order valence-electron chi connectivity index (χ0n) is 18.1. The molecule has 8 heteroatoms. The summed E-state index contributed by atoms with van der Waals surface area (Å²) in [7, 11) is 0. The molecule has 1 heterocycles. The van der Waals surface area contributed by atoms with Crippen molar-refractivity contribution in [2.45, 2.75) is 18.7 Å². The third kappa shape index (κ3) is 5.42. The molecule has 1 aliphatic rings. The van der Waals surface area contributed by atoms with Gasteiger partial charge in [-0.15, -0.1) is 11.6 Å². The number of carbonyl (C=O) groups is 1. The van der Waals surface area contributed by atoms with Gasteiger partial charge in [0.25, 0.3) is 0 Å². The molecule has 0 radical (unpaired) electrons. The first kappa shape index (κ1) is 24.6. The minimum Gasteiger partial charge on any atom is -0.481 e. The number of nitrogens with zero attached hydrogens (tertiary/aromatic N) is 2. The molecule has 1 N–H and O–H groups in total. The molecule has 0 saturated heterocycles. The van der Waals surface area contributed by atoms with Crippen LogP contribution in [0.2, 0.25) is 10.0 Å². The average Bonchev–Trinajstić information content (AvgIpc) is 3.13. The number of aromatic nitrogens is 2. The van der Waals surface area contributed by atoms with E-state index in [2.05, 4.69) is 0 Å². The molecule has 0 fully saturated rings. The summed E-state index contributed by atoms with van der Waals surface area (Å²) in [6.45, 7) is 2.01. The van der Waals surface area contributed by atoms with Crippen LogP contribution in [0.15, 0.2) is 83.4 Å². The van der Waals surface area contributed by atoms with Crippen molar-refractivity contribution in [3.8, 4) is 16.9 Å². The molecule has 2 aromatic carbocycles. The van der Waals surface area contributed by atoms with Crippen LogP contribution in [0.3, 0.4) is 0 Å². The van der Waals surface area contributed by atoms with Crippen LogP contribution in [0.4, 0.5) is 0 Å². The third-order valence-corrected chi connectivity index (χ3v) is 6.85. The highest BCUT2D eigenvalue weighted by Gasteiger charge is 2.27. The summed E-state index contributed by atoms with van der Waals surface area (Å²) in [5, 5.41) is 15.5. The summed E-state index contributed by atoms with van der Waals surface area (Å²) in [6.07, 6.45) is 6.92. The van der Waals surface area contributed by atoms with Crippen molar-refractivity contribution in [2.24, 2.45) is 5.92 Å². The Balaban J connectivity index is 1.79. The first-order valence-corrected chi connectivity index (χ1v) is 12.0. The molecule has 0 saturated carbocycles. The molecule has 34 heavy (non-hydrogen) atoms. The third-order valence-electron chi connectivity index (χ3n) is 5.49. The molecule has 0 spiro atoms. The van der Waals surface area contributed by atoms with E-state index in [4.69, 9.17) is 51.5 Å². The monoisotopic (exact) mass is 532 g/mol. The largest absolute Gasteiger partial charge is 0.481 e. The highest BCUT2D eigenvalue weighted by molar-refractivity contribution is 6.42. The van der Waals surface area contributed by atoms with Gasteiger partial charge in [0.2, 0.25) is 0 Å². The van der Waals surface area contributed by atoms with E-state index in [0.717, 1.165) is 16.8 Å². The van der Waals surface area contributed by atoms with Crippen molar-refractivity contribution in [3.63, 3.8) is 0 Å².